The molecule has 0 unspecified atom stereocenters. The predicted molar refractivity (Wildman–Crippen MR) is 103 cm³/mol. The van der Waals surface area contributed by atoms with E-state index in [1.54, 1.807) is 59.7 Å². The van der Waals surface area contributed by atoms with E-state index in [0.717, 1.165) is 10.9 Å². The van der Waals surface area contributed by atoms with E-state index in [9.17, 15) is 9.59 Å². The number of nitrogens with one attached hydrogen (secondary N) is 1. The number of nitrogens with zero attached hydrogens (tertiary/aromatic N) is 3. The van der Waals surface area contributed by atoms with Gasteiger partial charge in [0, 0.05) is 36.1 Å². The highest BCUT2D eigenvalue weighted by atomic mass is 16.5. The number of amides is 1. The maximum absolute atomic E-state index is 12.3. The number of hydrogen-bond donors (Lipinski definition) is 1. The van der Waals surface area contributed by atoms with E-state index in [4.69, 9.17) is 9.15 Å². The van der Waals surface area contributed by atoms with Crippen LogP contribution in [0.25, 0.3) is 16.8 Å². The third-order valence-electron chi connectivity index (χ3n) is 4.07. The minimum absolute atomic E-state index is 0.213. The van der Waals surface area contributed by atoms with Crippen molar-refractivity contribution < 1.29 is 13.9 Å². The van der Waals surface area contributed by atoms with Gasteiger partial charge in [0.2, 0.25) is 0 Å². The summed E-state index contributed by atoms with van der Waals surface area (Å²) in [7, 11) is 0. The van der Waals surface area contributed by atoms with Crippen LogP contribution in [0, 0.1) is 6.92 Å². The van der Waals surface area contributed by atoms with E-state index in [1.807, 2.05) is 6.92 Å². The summed E-state index contributed by atoms with van der Waals surface area (Å²) in [6.07, 6.45) is 4.98. The Balaban J connectivity index is 1.47. The van der Waals surface area contributed by atoms with E-state index < -0.39 is 5.63 Å². The Morgan fingerprint density at radius 1 is 1.21 bits per heavy atom. The molecule has 8 nitrogen and oxygen atoms in total. The molecule has 0 bridgehead atoms. The lowest BCUT2D eigenvalue weighted by atomic mass is 10.1. The SMILES string of the molecule is Cc1cc(=O)oc2cc(OCC(=O)Nc3cccnc3-n3cccn3)ccc12. The van der Waals surface area contributed by atoms with Crippen LogP contribution in [0.1, 0.15) is 5.56 Å². The first kappa shape index (κ1) is 17.5. The highest BCUT2D eigenvalue weighted by Crippen LogP contribution is 2.22. The highest BCUT2D eigenvalue weighted by Gasteiger charge is 2.11. The van der Waals surface area contributed by atoms with Crippen LogP contribution in [-0.4, -0.2) is 27.3 Å². The first-order valence-corrected chi connectivity index (χ1v) is 8.52. The zero-order chi connectivity index (χ0) is 19.5. The zero-order valence-corrected chi connectivity index (χ0v) is 15.0. The van der Waals surface area contributed by atoms with Crippen LogP contribution in [0.4, 0.5) is 5.69 Å². The van der Waals surface area contributed by atoms with E-state index in [2.05, 4.69) is 15.4 Å². The van der Waals surface area contributed by atoms with Gasteiger partial charge in [-0.25, -0.2) is 14.5 Å². The van der Waals surface area contributed by atoms with Crippen LogP contribution in [0.3, 0.4) is 0 Å². The van der Waals surface area contributed by atoms with Crippen LogP contribution >= 0.6 is 0 Å². The number of anilines is 1. The molecular formula is C20H16N4O4. The molecule has 0 atom stereocenters. The molecule has 0 saturated heterocycles. The van der Waals surface area contributed by atoms with Crippen LogP contribution in [0.15, 0.2) is 70.3 Å². The molecule has 3 heterocycles. The molecule has 1 aromatic carbocycles. The van der Waals surface area contributed by atoms with Crippen molar-refractivity contribution >= 4 is 22.6 Å². The Bertz CT molecular complexity index is 1200. The monoisotopic (exact) mass is 376 g/mol. The van der Waals surface area contributed by atoms with Crippen molar-refractivity contribution in [1.82, 2.24) is 14.8 Å². The average molecular weight is 376 g/mol. The highest BCUT2D eigenvalue weighted by molar-refractivity contribution is 5.93. The van der Waals surface area contributed by atoms with Gasteiger partial charge in [0.25, 0.3) is 5.91 Å². The van der Waals surface area contributed by atoms with Crippen LogP contribution < -0.4 is 15.7 Å². The lowest BCUT2D eigenvalue weighted by Crippen LogP contribution is -2.21. The minimum Gasteiger partial charge on any atom is -0.484 e. The predicted octanol–water partition coefficient (Wildman–Crippen LogP) is 2.70. The first-order chi connectivity index (χ1) is 13.6. The number of carbonyl (C=O) groups excluding carboxylic acids is 1. The number of rotatable bonds is 5. The minimum atomic E-state index is -0.428. The van der Waals surface area contributed by atoms with Gasteiger partial charge in [-0.3, -0.25) is 4.79 Å². The largest absolute Gasteiger partial charge is 0.484 e. The third kappa shape index (κ3) is 3.61. The van der Waals surface area contributed by atoms with Crippen molar-refractivity contribution in [2.45, 2.75) is 6.92 Å². The molecule has 1 amide bonds. The van der Waals surface area contributed by atoms with Gasteiger partial charge in [-0.1, -0.05) is 0 Å². The molecule has 0 radical (unpaired) electrons. The van der Waals surface area contributed by atoms with E-state index in [1.165, 1.54) is 6.07 Å². The van der Waals surface area contributed by atoms with Gasteiger partial charge in [0.05, 0.1) is 5.69 Å². The second-order valence-corrected chi connectivity index (χ2v) is 6.07. The Morgan fingerprint density at radius 3 is 2.93 bits per heavy atom. The Kier molecular flexibility index (Phi) is 4.59. The number of fused-ring (bicyclic) bond motifs is 1. The summed E-state index contributed by atoms with van der Waals surface area (Å²) in [5, 5.41) is 7.71. The number of aryl methyl sites for hydroxylation is 1. The molecule has 0 aliphatic rings. The molecule has 8 heteroatoms. The van der Waals surface area contributed by atoms with Crippen molar-refractivity contribution in [2.75, 3.05) is 11.9 Å². The average Bonchev–Trinajstić information content (AvgIpc) is 3.21. The molecule has 140 valence electrons. The molecule has 0 spiro atoms. The topological polar surface area (TPSA) is 99.2 Å². The van der Waals surface area contributed by atoms with Crippen LogP contribution in [0.5, 0.6) is 5.75 Å². The molecular weight excluding hydrogens is 360 g/mol. The van der Waals surface area contributed by atoms with Gasteiger partial charge in [0.15, 0.2) is 12.4 Å². The van der Waals surface area contributed by atoms with Crippen LogP contribution in [0.2, 0.25) is 0 Å². The first-order valence-electron chi connectivity index (χ1n) is 8.52. The third-order valence-corrected chi connectivity index (χ3v) is 4.07. The van der Waals surface area contributed by atoms with Crippen molar-refractivity contribution in [3.63, 3.8) is 0 Å². The number of aromatic nitrogens is 3. The summed E-state index contributed by atoms with van der Waals surface area (Å²) < 4.78 is 12.3. The van der Waals surface area contributed by atoms with Gasteiger partial charge in [-0.05, 0) is 42.8 Å². The molecule has 0 aliphatic carbocycles. The maximum Gasteiger partial charge on any atom is 0.336 e. The fourth-order valence-electron chi connectivity index (χ4n) is 2.80. The molecule has 1 N–H and O–H groups in total. The Morgan fingerprint density at radius 2 is 2.11 bits per heavy atom. The second-order valence-electron chi connectivity index (χ2n) is 6.07. The molecule has 0 saturated carbocycles. The standard InChI is InChI=1S/C20H16N4O4/c1-13-10-19(26)28-17-11-14(5-6-15(13)17)27-12-18(25)23-16-4-2-7-21-20(16)24-9-3-8-22-24/h2-11H,12H2,1H3,(H,23,25). The lowest BCUT2D eigenvalue weighted by molar-refractivity contribution is -0.118. The van der Waals surface area contributed by atoms with Gasteiger partial charge in [-0.2, -0.15) is 5.10 Å². The summed E-state index contributed by atoms with van der Waals surface area (Å²) in [6.45, 7) is 1.62. The summed E-state index contributed by atoms with van der Waals surface area (Å²) in [6, 6.07) is 11.8. The second kappa shape index (κ2) is 7.36. The fourth-order valence-corrected chi connectivity index (χ4v) is 2.80. The molecule has 4 aromatic rings. The summed E-state index contributed by atoms with van der Waals surface area (Å²) in [5.74, 6) is 0.575. The van der Waals surface area contributed by atoms with Gasteiger partial charge >= 0.3 is 5.63 Å². The van der Waals surface area contributed by atoms with Crippen LogP contribution in [-0.2, 0) is 4.79 Å². The molecule has 4 rings (SSSR count). The fraction of sp³-hybridized carbons (Fsp3) is 0.100. The van der Waals surface area contributed by atoms with Crippen molar-refractivity contribution in [1.29, 1.82) is 0 Å². The quantitative estimate of drug-likeness (QED) is 0.538. The summed E-state index contributed by atoms with van der Waals surface area (Å²) in [5.41, 5.74) is 1.32. The normalized spacial score (nSPS) is 10.8. The van der Waals surface area contributed by atoms with Crippen molar-refractivity contribution in [3.05, 3.63) is 77.0 Å². The summed E-state index contributed by atoms with van der Waals surface area (Å²) in [4.78, 5) is 28.1. The Hall–Kier alpha value is -3.94. The van der Waals surface area contributed by atoms with Gasteiger partial charge in [0.1, 0.15) is 11.3 Å². The zero-order valence-electron chi connectivity index (χ0n) is 15.0. The number of carbonyl (C=O) groups is 1. The summed E-state index contributed by atoms with van der Waals surface area (Å²) >= 11 is 0. The maximum atomic E-state index is 12.3. The number of pyridine rings is 1. The van der Waals surface area contributed by atoms with Crippen molar-refractivity contribution in [2.24, 2.45) is 0 Å². The lowest BCUT2D eigenvalue weighted by Gasteiger charge is -2.11. The number of benzene rings is 1. The molecule has 3 aromatic heterocycles. The van der Waals surface area contributed by atoms with E-state index in [-0.39, 0.29) is 12.5 Å². The molecule has 0 fully saturated rings. The smallest absolute Gasteiger partial charge is 0.336 e. The number of ether oxygens (including phenoxy) is 1. The van der Waals surface area contributed by atoms with E-state index >= 15 is 0 Å². The van der Waals surface area contributed by atoms with Gasteiger partial charge in [-0.15, -0.1) is 0 Å². The molecule has 0 aliphatic heterocycles. The van der Waals surface area contributed by atoms with Crippen molar-refractivity contribution in [3.8, 4) is 11.6 Å². The number of hydrogen-bond acceptors (Lipinski definition) is 6. The van der Waals surface area contributed by atoms with Gasteiger partial charge < -0.3 is 14.5 Å². The van der Waals surface area contributed by atoms with E-state index in [0.29, 0.717) is 22.8 Å². The Labute approximate surface area is 159 Å². The molecule has 28 heavy (non-hydrogen) atoms.